The lowest BCUT2D eigenvalue weighted by Crippen LogP contribution is -2.36. The maximum absolute atomic E-state index is 11.6. The molecule has 5 nitrogen and oxygen atoms in total. The Morgan fingerprint density at radius 2 is 2.33 bits per heavy atom. The highest BCUT2D eigenvalue weighted by molar-refractivity contribution is 5.98. The summed E-state index contributed by atoms with van der Waals surface area (Å²) in [5.74, 6) is -0.0402. The maximum atomic E-state index is 11.6. The van der Waals surface area contributed by atoms with Crippen molar-refractivity contribution in [3.8, 4) is 0 Å². The summed E-state index contributed by atoms with van der Waals surface area (Å²) >= 11 is 0. The maximum Gasteiger partial charge on any atom is 0.411 e. The van der Waals surface area contributed by atoms with Gasteiger partial charge in [-0.15, -0.1) is 0 Å². The lowest BCUT2D eigenvalue weighted by Gasteiger charge is -2.25. The van der Waals surface area contributed by atoms with E-state index in [1.165, 1.54) is 4.90 Å². The number of carboxylic acid groups (broad SMARTS) is 1. The van der Waals surface area contributed by atoms with Crippen molar-refractivity contribution in [2.45, 2.75) is 19.4 Å². The number of amides is 1. The van der Waals surface area contributed by atoms with E-state index < -0.39 is 6.09 Å². The van der Waals surface area contributed by atoms with Crippen LogP contribution >= 0.6 is 0 Å². The van der Waals surface area contributed by atoms with Gasteiger partial charge in [0.15, 0.2) is 5.78 Å². The lowest BCUT2D eigenvalue weighted by molar-refractivity contribution is -0.115. The molecule has 0 aromatic heterocycles. The molecule has 5 heteroatoms. The first-order valence-electron chi connectivity index (χ1n) is 5.77. The van der Waals surface area contributed by atoms with Crippen molar-refractivity contribution in [1.29, 1.82) is 0 Å². The van der Waals surface area contributed by atoms with Gasteiger partial charge in [0.1, 0.15) is 0 Å². The molecule has 1 N–H and O–H groups in total. The molecule has 1 aliphatic heterocycles. The second-order valence-corrected chi connectivity index (χ2v) is 4.30. The van der Waals surface area contributed by atoms with Crippen molar-refractivity contribution in [3.63, 3.8) is 0 Å². The number of carbonyl (C=O) groups excluding carboxylic acids is 1. The van der Waals surface area contributed by atoms with E-state index in [4.69, 9.17) is 4.74 Å². The third kappa shape index (κ3) is 2.68. The fourth-order valence-corrected chi connectivity index (χ4v) is 1.92. The summed E-state index contributed by atoms with van der Waals surface area (Å²) in [5.41, 5.74) is 1.16. The highest BCUT2D eigenvalue weighted by atomic mass is 16.5. The standard InChI is InChI=1S/C13H15NO4/c1-9-4-5-10(7-12(9)15)14(13(16)17)8-11-3-2-6-18-11/h2-5,11H,6-8H2,1H3,(H,16,17). The SMILES string of the molecule is CC1=CC=C(N(CC2C=CCO2)C(=O)O)CC1=O. The molecular formula is C13H15NO4. The van der Waals surface area contributed by atoms with Crippen LogP contribution in [-0.4, -0.2) is 41.1 Å². The topological polar surface area (TPSA) is 66.8 Å². The summed E-state index contributed by atoms with van der Waals surface area (Å²) in [6, 6.07) is 0. The Morgan fingerprint density at radius 1 is 1.56 bits per heavy atom. The predicted octanol–water partition coefficient (Wildman–Crippen LogP) is 1.72. The normalized spacial score (nSPS) is 22.7. The fourth-order valence-electron chi connectivity index (χ4n) is 1.92. The Hall–Kier alpha value is -1.88. The zero-order valence-corrected chi connectivity index (χ0v) is 10.1. The number of Topliss-reactive ketones (excluding diaryl/α,β-unsaturated/α-hetero) is 1. The van der Waals surface area contributed by atoms with E-state index in [0.29, 0.717) is 17.9 Å². The van der Waals surface area contributed by atoms with Gasteiger partial charge >= 0.3 is 6.09 Å². The van der Waals surface area contributed by atoms with Gasteiger partial charge < -0.3 is 9.84 Å². The van der Waals surface area contributed by atoms with Gasteiger partial charge in [-0.25, -0.2) is 4.79 Å². The van der Waals surface area contributed by atoms with Crippen molar-refractivity contribution in [2.24, 2.45) is 0 Å². The molecule has 96 valence electrons. The largest absolute Gasteiger partial charge is 0.465 e. The van der Waals surface area contributed by atoms with Gasteiger partial charge in [-0.3, -0.25) is 9.69 Å². The van der Waals surface area contributed by atoms with Crippen molar-refractivity contribution < 1.29 is 19.4 Å². The molecule has 2 rings (SSSR count). The minimum absolute atomic E-state index is 0.0402. The van der Waals surface area contributed by atoms with Crippen LogP contribution in [0.5, 0.6) is 0 Å². The van der Waals surface area contributed by atoms with Crippen molar-refractivity contribution in [1.82, 2.24) is 4.90 Å². The molecule has 0 bridgehead atoms. The summed E-state index contributed by atoms with van der Waals surface area (Å²) in [7, 11) is 0. The van der Waals surface area contributed by atoms with Crippen LogP contribution < -0.4 is 0 Å². The number of rotatable bonds is 3. The fraction of sp³-hybridized carbons (Fsp3) is 0.385. The molecule has 0 fully saturated rings. The molecule has 1 atom stereocenters. The van der Waals surface area contributed by atoms with E-state index in [2.05, 4.69) is 0 Å². The van der Waals surface area contributed by atoms with Crippen molar-refractivity contribution in [3.05, 3.63) is 35.6 Å². The van der Waals surface area contributed by atoms with Crippen LogP contribution in [0.4, 0.5) is 4.79 Å². The van der Waals surface area contributed by atoms with Gasteiger partial charge in [-0.05, 0) is 18.6 Å². The van der Waals surface area contributed by atoms with Gasteiger partial charge in [-0.2, -0.15) is 0 Å². The first-order chi connectivity index (χ1) is 8.58. The van der Waals surface area contributed by atoms with E-state index in [1.807, 2.05) is 12.2 Å². The molecule has 0 radical (unpaired) electrons. The van der Waals surface area contributed by atoms with E-state index >= 15 is 0 Å². The average Bonchev–Trinajstić information content (AvgIpc) is 2.82. The summed E-state index contributed by atoms with van der Waals surface area (Å²) < 4.78 is 5.33. The molecule has 0 spiro atoms. The number of hydrogen-bond acceptors (Lipinski definition) is 3. The molecule has 0 aromatic carbocycles. The summed E-state index contributed by atoms with van der Waals surface area (Å²) in [6.45, 7) is 2.45. The zero-order valence-electron chi connectivity index (χ0n) is 10.1. The zero-order chi connectivity index (χ0) is 13.1. The minimum Gasteiger partial charge on any atom is -0.465 e. The summed E-state index contributed by atoms with van der Waals surface area (Å²) in [6.07, 6.45) is 5.86. The Morgan fingerprint density at radius 3 is 2.89 bits per heavy atom. The van der Waals surface area contributed by atoms with E-state index in [-0.39, 0.29) is 24.9 Å². The molecule has 2 aliphatic rings. The monoisotopic (exact) mass is 249 g/mol. The molecule has 0 saturated carbocycles. The van der Waals surface area contributed by atoms with Crippen molar-refractivity contribution >= 4 is 11.9 Å². The third-order valence-corrected chi connectivity index (χ3v) is 3.00. The quantitative estimate of drug-likeness (QED) is 0.773. The van der Waals surface area contributed by atoms with Gasteiger partial charge in [-0.1, -0.05) is 18.2 Å². The Bertz CT molecular complexity index is 462. The Balaban J connectivity index is 2.13. The number of nitrogens with zero attached hydrogens (tertiary/aromatic N) is 1. The molecule has 18 heavy (non-hydrogen) atoms. The van der Waals surface area contributed by atoms with Gasteiger partial charge in [0, 0.05) is 5.70 Å². The van der Waals surface area contributed by atoms with E-state index in [0.717, 1.165) is 0 Å². The second-order valence-electron chi connectivity index (χ2n) is 4.30. The summed E-state index contributed by atoms with van der Waals surface area (Å²) in [5, 5.41) is 9.21. The number of ether oxygens (including phenoxy) is 1. The third-order valence-electron chi connectivity index (χ3n) is 3.00. The van der Waals surface area contributed by atoms with Crippen LogP contribution in [0.3, 0.4) is 0 Å². The first-order valence-corrected chi connectivity index (χ1v) is 5.77. The first kappa shape index (κ1) is 12.6. The molecular weight excluding hydrogens is 234 g/mol. The molecule has 0 aromatic rings. The Kier molecular flexibility index (Phi) is 3.62. The second kappa shape index (κ2) is 5.18. The molecule has 1 heterocycles. The minimum atomic E-state index is -1.06. The van der Waals surface area contributed by atoms with Crippen LogP contribution in [0.2, 0.25) is 0 Å². The average molecular weight is 249 g/mol. The van der Waals surface area contributed by atoms with Crippen LogP contribution in [0.15, 0.2) is 35.6 Å². The predicted molar refractivity (Wildman–Crippen MR) is 65.1 cm³/mol. The van der Waals surface area contributed by atoms with Crippen LogP contribution in [0, 0.1) is 0 Å². The molecule has 1 amide bonds. The van der Waals surface area contributed by atoms with Gasteiger partial charge in [0.2, 0.25) is 0 Å². The highest BCUT2D eigenvalue weighted by Crippen LogP contribution is 2.20. The molecule has 0 saturated heterocycles. The van der Waals surface area contributed by atoms with Gasteiger partial charge in [0.25, 0.3) is 0 Å². The number of ketones is 1. The number of hydrogen-bond donors (Lipinski definition) is 1. The van der Waals surface area contributed by atoms with Gasteiger partial charge in [0.05, 0.1) is 25.7 Å². The lowest BCUT2D eigenvalue weighted by atomic mass is 10.0. The van der Waals surface area contributed by atoms with Crippen LogP contribution in [0.1, 0.15) is 13.3 Å². The van der Waals surface area contributed by atoms with Crippen LogP contribution in [0.25, 0.3) is 0 Å². The number of allylic oxidation sites excluding steroid dienone is 4. The molecule has 1 aliphatic carbocycles. The Labute approximate surface area is 105 Å². The molecule has 1 unspecified atom stereocenters. The smallest absolute Gasteiger partial charge is 0.411 e. The van der Waals surface area contributed by atoms with Crippen LogP contribution in [-0.2, 0) is 9.53 Å². The van der Waals surface area contributed by atoms with Crippen molar-refractivity contribution in [2.75, 3.05) is 13.2 Å². The van der Waals surface area contributed by atoms with E-state index in [1.54, 1.807) is 19.1 Å². The van der Waals surface area contributed by atoms with E-state index in [9.17, 15) is 14.7 Å². The highest BCUT2D eigenvalue weighted by Gasteiger charge is 2.25. The number of carbonyl (C=O) groups is 2. The summed E-state index contributed by atoms with van der Waals surface area (Å²) in [4.78, 5) is 24.0.